The van der Waals surface area contributed by atoms with Gasteiger partial charge in [0.05, 0.1) is 0 Å². The fourth-order valence-electron chi connectivity index (χ4n) is 2.62. The summed E-state index contributed by atoms with van der Waals surface area (Å²) in [5.74, 6) is 0. The van der Waals surface area contributed by atoms with E-state index in [4.69, 9.17) is 4.74 Å². The first kappa shape index (κ1) is 17.6. The number of hydrogen-bond donors (Lipinski definition) is 1. The first-order valence-corrected chi connectivity index (χ1v) is 7.68. The second kappa shape index (κ2) is 8.19. The maximum atomic E-state index is 12.8. The van der Waals surface area contributed by atoms with Crippen LogP contribution >= 0.6 is 0 Å². The highest BCUT2D eigenvalue weighted by atomic mass is 19.4. The molecule has 128 valence electrons. The van der Waals surface area contributed by atoms with Crippen LogP contribution in [-0.2, 0) is 11.2 Å². The van der Waals surface area contributed by atoms with E-state index >= 15 is 0 Å². The standard InChI is InChI=1S/C16H21F3N2O2/c17-16(18,19)12-21(14-7-10-23-11-8-14)15(22)20-9-6-13-4-2-1-3-5-13/h1-5,14H,6-12H2,(H,20,22). The molecule has 1 aliphatic heterocycles. The molecule has 1 N–H and O–H groups in total. The van der Waals surface area contributed by atoms with Gasteiger partial charge in [0.15, 0.2) is 0 Å². The van der Waals surface area contributed by atoms with Crippen LogP contribution in [0.2, 0.25) is 0 Å². The first-order valence-electron chi connectivity index (χ1n) is 7.68. The smallest absolute Gasteiger partial charge is 0.381 e. The number of rotatable bonds is 5. The molecule has 0 bridgehead atoms. The quantitative estimate of drug-likeness (QED) is 0.902. The number of benzene rings is 1. The van der Waals surface area contributed by atoms with Crippen molar-refractivity contribution in [3.63, 3.8) is 0 Å². The molecule has 1 aliphatic rings. The molecule has 0 saturated carbocycles. The molecule has 23 heavy (non-hydrogen) atoms. The Hall–Kier alpha value is -1.76. The van der Waals surface area contributed by atoms with Crippen LogP contribution in [0.15, 0.2) is 30.3 Å². The monoisotopic (exact) mass is 330 g/mol. The van der Waals surface area contributed by atoms with Crippen molar-refractivity contribution in [3.8, 4) is 0 Å². The van der Waals surface area contributed by atoms with Gasteiger partial charge in [-0.3, -0.25) is 0 Å². The molecule has 7 heteroatoms. The largest absolute Gasteiger partial charge is 0.406 e. The predicted octanol–water partition coefficient (Wildman–Crippen LogP) is 2.98. The number of alkyl halides is 3. The zero-order valence-electron chi connectivity index (χ0n) is 12.8. The topological polar surface area (TPSA) is 41.6 Å². The van der Waals surface area contributed by atoms with Crippen molar-refractivity contribution in [2.24, 2.45) is 0 Å². The third kappa shape index (κ3) is 6.09. The molecular formula is C16H21F3N2O2. The van der Waals surface area contributed by atoms with E-state index in [1.165, 1.54) is 0 Å². The molecule has 1 heterocycles. The first-order chi connectivity index (χ1) is 11.0. The molecule has 1 fully saturated rings. The maximum absolute atomic E-state index is 12.8. The molecule has 0 aliphatic carbocycles. The van der Waals surface area contributed by atoms with Crippen LogP contribution < -0.4 is 5.32 Å². The average molecular weight is 330 g/mol. The Balaban J connectivity index is 1.90. The van der Waals surface area contributed by atoms with E-state index in [0.717, 1.165) is 10.5 Å². The van der Waals surface area contributed by atoms with Crippen LogP contribution in [0.25, 0.3) is 0 Å². The van der Waals surface area contributed by atoms with Crippen LogP contribution in [0, 0.1) is 0 Å². The van der Waals surface area contributed by atoms with Crippen molar-refractivity contribution in [1.29, 1.82) is 0 Å². The molecule has 2 rings (SSSR count). The maximum Gasteiger partial charge on any atom is 0.406 e. The lowest BCUT2D eigenvalue weighted by atomic mass is 10.1. The zero-order valence-corrected chi connectivity index (χ0v) is 12.8. The van der Waals surface area contributed by atoms with Crippen molar-refractivity contribution >= 4 is 6.03 Å². The Labute approximate surface area is 133 Å². The highest BCUT2D eigenvalue weighted by Gasteiger charge is 2.37. The van der Waals surface area contributed by atoms with E-state index in [-0.39, 0.29) is 0 Å². The molecular weight excluding hydrogens is 309 g/mol. The Morgan fingerprint density at radius 1 is 1.22 bits per heavy atom. The summed E-state index contributed by atoms with van der Waals surface area (Å²) in [5.41, 5.74) is 1.03. The average Bonchev–Trinajstić information content (AvgIpc) is 2.53. The summed E-state index contributed by atoms with van der Waals surface area (Å²) in [6.45, 7) is -0.151. The molecule has 1 saturated heterocycles. The SMILES string of the molecule is O=C(NCCc1ccccc1)N(CC(F)(F)F)C1CCOCC1. The number of hydrogen-bond acceptors (Lipinski definition) is 2. The second-order valence-corrected chi connectivity index (χ2v) is 5.55. The number of amides is 2. The predicted molar refractivity (Wildman–Crippen MR) is 80.1 cm³/mol. The molecule has 1 aromatic rings. The van der Waals surface area contributed by atoms with Crippen molar-refractivity contribution in [1.82, 2.24) is 10.2 Å². The molecule has 4 nitrogen and oxygen atoms in total. The number of urea groups is 1. The van der Waals surface area contributed by atoms with Gasteiger partial charge in [-0.1, -0.05) is 30.3 Å². The third-order valence-electron chi connectivity index (χ3n) is 3.77. The number of halogens is 3. The molecule has 1 aromatic carbocycles. The summed E-state index contributed by atoms with van der Waals surface area (Å²) in [6, 6.07) is 8.39. The zero-order chi connectivity index (χ0) is 16.7. The van der Waals surface area contributed by atoms with Crippen LogP contribution in [-0.4, -0.2) is 49.5 Å². The van der Waals surface area contributed by atoms with E-state index in [9.17, 15) is 18.0 Å². The Morgan fingerprint density at radius 3 is 2.48 bits per heavy atom. The van der Waals surface area contributed by atoms with Crippen LogP contribution in [0.3, 0.4) is 0 Å². The molecule has 0 spiro atoms. The molecule has 0 aromatic heterocycles. The highest BCUT2D eigenvalue weighted by Crippen LogP contribution is 2.22. The number of nitrogens with one attached hydrogen (secondary N) is 1. The summed E-state index contributed by atoms with van der Waals surface area (Å²) in [7, 11) is 0. The van der Waals surface area contributed by atoms with Gasteiger partial charge >= 0.3 is 12.2 Å². The van der Waals surface area contributed by atoms with Crippen LogP contribution in [0.5, 0.6) is 0 Å². The van der Waals surface area contributed by atoms with Gasteiger partial charge in [-0.25, -0.2) is 4.79 Å². The number of carbonyl (C=O) groups excluding carboxylic acids is 1. The molecule has 0 radical (unpaired) electrons. The van der Waals surface area contributed by atoms with E-state index in [1.807, 2.05) is 30.3 Å². The second-order valence-electron chi connectivity index (χ2n) is 5.55. The van der Waals surface area contributed by atoms with Crippen LogP contribution in [0.1, 0.15) is 18.4 Å². The Bertz CT molecular complexity index is 488. The summed E-state index contributed by atoms with van der Waals surface area (Å²) >= 11 is 0. The fraction of sp³-hybridized carbons (Fsp3) is 0.562. The minimum absolute atomic E-state index is 0.306. The third-order valence-corrected chi connectivity index (χ3v) is 3.77. The lowest BCUT2D eigenvalue weighted by Crippen LogP contribution is -2.52. The summed E-state index contributed by atoms with van der Waals surface area (Å²) in [5, 5.41) is 2.60. The molecule has 0 atom stereocenters. The summed E-state index contributed by atoms with van der Waals surface area (Å²) in [6.07, 6.45) is -2.96. The van der Waals surface area contributed by atoms with Gasteiger partial charge in [0.25, 0.3) is 0 Å². The lowest BCUT2D eigenvalue weighted by molar-refractivity contribution is -0.146. The van der Waals surface area contributed by atoms with Gasteiger partial charge in [0, 0.05) is 25.8 Å². The van der Waals surface area contributed by atoms with E-state index in [0.29, 0.717) is 39.0 Å². The van der Waals surface area contributed by atoms with Crippen molar-refractivity contribution < 1.29 is 22.7 Å². The normalized spacial score (nSPS) is 16.1. The lowest BCUT2D eigenvalue weighted by Gasteiger charge is -2.34. The van der Waals surface area contributed by atoms with E-state index in [1.54, 1.807) is 0 Å². The van der Waals surface area contributed by atoms with E-state index < -0.39 is 24.8 Å². The van der Waals surface area contributed by atoms with Gasteiger partial charge in [-0.05, 0) is 24.8 Å². The molecule has 2 amide bonds. The van der Waals surface area contributed by atoms with Gasteiger partial charge in [0.2, 0.25) is 0 Å². The Morgan fingerprint density at radius 2 is 1.87 bits per heavy atom. The van der Waals surface area contributed by atoms with Gasteiger partial charge in [-0.2, -0.15) is 13.2 Å². The summed E-state index contributed by atoms with van der Waals surface area (Å²) in [4.78, 5) is 13.1. The fourth-order valence-corrected chi connectivity index (χ4v) is 2.62. The van der Waals surface area contributed by atoms with Gasteiger partial charge in [0.1, 0.15) is 6.54 Å². The minimum Gasteiger partial charge on any atom is -0.381 e. The minimum atomic E-state index is -4.41. The summed E-state index contributed by atoms with van der Waals surface area (Å²) < 4.78 is 43.4. The van der Waals surface area contributed by atoms with Crippen molar-refractivity contribution in [3.05, 3.63) is 35.9 Å². The molecule has 0 unspecified atom stereocenters. The van der Waals surface area contributed by atoms with Crippen molar-refractivity contribution in [2.75, 3.05) is 26.3 Å². The number of carbonyl (C=O) groups is 1. The van der Waals surface area contributed by atoms with Gasteiger partial charge in [-0.15, -0.1) is 0 Å². The number of ether oxygens (including phenoxy) is 1. The Kier molecular flexibility index (Phi) is 6.27. The van der Waals surface area contributed by atoms with Gasteiger partial charge < -0.3 is 15.0 Å². The number of nitrogens with zero attached hydrogens (tertiary/aromatic N) is 1. The van der Waals surface area contributed by atoms with Crippen molar-refractivity contribution in [2.45, 2.75) is 31.5 Å². The van der Waals surface area contributed by atoms with E-state index in [2.05, 4.69) is 5.32 Å². The van der Waals surface area contributed by atoms with Crippen LogP contribution in [0.4, 0.5) is 18.0 Å². The highest BCUT2D eigenvalue weighted by molar-refractivity contribution is 5.74.